The summed E-state index contributed by atoms with van der Waals surface area (Å²) in [6.07, 6.45) is -7.67. The maximum atomic E-state index is 12.7. The van der Waals surface area contributed by atoms with E-state index in [1.807, 2.05) is 0 Å². The first-order chi connectivity index (χ1) is 7.80. The Morgan fingerprint density at radius 1 is 1.24 bits per heavy atom. The predicted molar refractivity (Wildman–Crippen MR) is 47.7 cm³/mol. The Balaban J connectivity index is 2.77. The van der Waals surface area contributed by atoms with Gasteiger partial charge in [0.15, 0.2) is 11.3 Å². The summed E-state index contributed by atoms with van der Waals surface area (Å²) >= 11 is 0. The highest BCUT2D eigenvalue weighted by atomic mass is 19.4. The van der Waals surface area contributed by atoms with E-state index in [1.54, 1.807) is 0 Å². The molecule has 0 atom stereocenters. The fraction of sp³-hybridized carbons (Fsp3) is 0.333. The fourth-order valence-corrected chi connectivity index (χ4v) is 1.49. The first-order valence-electron chi connectivity index (χ1n) is 4.52. The van der Waals surface area contributed by atoms with E-state index in [0.717, 1.165) is 0 Å². The van der Waals surface area contributed by atoms with E-state index >= 15 is 0 Å². The van der Waals surface area contributed by atoms with Crippen LogP contribution in [0.1, 0.15) is 23.5 Å². The highest BCUT2D eigenvalue weighted by Gasteiger charge is 2.36. The van der Waals surface area contributed by atoms with Crippen LogP contribution in [0, 0.1) is 6.92 Å². The van der Waals surface area contributed by atoms with Crippen molar-refractivity contribution in [3.05, 3.63) is 29.2 Å². The number of fused-ring (bicyclic) bond motifs is 1. The molecule has 2 aromatic rings. The third kappa shape index (κ3) is 1.94. The zero-order chi connectivity index (χ0) is 12.8. The molecule has 0 bridgehead atoms. The fourth-order valence-electron chi connectivity index (χ4n) is 1.49. The van der Waals surface area contributed by atoms with Gasteiger partial charge in [0.1, 0.15) is 0 Å². The van der Waals surface area contributed by atoms with Crippen molar-refractivity contribution < 1.29 is 22.0 Å². The summed E-state index contributed by atoms with van der Waals surface area (Å²) in [5, 5.41) is 3.18. The Labute approximate surface area is 91.9 Å². The molecule has 0 N–H and O–H groups in total. The van der Waals surface area contributed by atoms with Gasteiger partial charge in [-0.3, -0.25) is 0 Å². The Kier molecular flexibility index (Phi) is 2.52. The van der Waals surface area contributed by atoms with Gasteiger partial charge in [-0.15, -0.1) is 5.10 Å². The van der Waals surface area contributed by atoms with Crippen molar-refractivity contribution in [2.24, 2.45) is 0 Å². The minimum absolute atomic E-state index is 0.101. The van der Waals surface area contributed by atoms with Crippen LogP contribution in [-0.4, -0.2) is 14.6 Å². The third-order valence-corrected chi connectivity index (χ3v) is 2.18. The number of hydrogen-bond donors (Lipinski definition) is 0. The summed E-state index contributed by atoms with van der Waals surface area (Å²) in [4.78, 5) is 3.33. The number of alkyl halides is 5. The molecule has 0 aliphatic rings. The minimum Gasteiger partial charge on any atom is -0.208 e. The molecule has 0 spiro atoms. The summed E-state index contributed by atoms with van der Waals surface area (Å²) < 4.78 is 63.2. The molecule has 0 aromatic carbocycles. The number of hydrogen-bond acceptors (Lipinski definition) is 2. The molecule has 17 heavy (non-hydrogen) atoms. The molecule has 8 heteroatoms. The van der Waals surface area contributed by atoms with E-state index in [0.29, 0.717) is 4.52 Å². The normalized spacial score (nSPS) is 12.6. The molecule has 0 fully saturated rings. The van der Waals surface area contributed by atoms with Crippen molar-refractivity contribution in [2.45, 2.75) is 19.5 Å². The second-order valence-electron chi connectivity index (χ2n) is 3.40. The van der Waals surface area contributed by atoms with Gasteiger partial charge in [0, 0.05) is 0 Å². The molecule has 2 rings (SSSR count). The number of pyridine rings is 1. The predicted octanol–water partition coefficient (Wildman–Crippen LogP) is 2.99. The highest BCUT2D eigenvalue weighted by molar-refractivity contribution is 5.42. The molecule has 2 heterocycles. The summed E-state index contributed by atoms with van der Waals surface area (Å²) in [6.45, 7) is 1.23. The van der Waals surface area contributed by atoms with Crippen LogP contribution in [0.3, 0.4) is 0 Å². The molecule has 0 amide bonds. The largest absolute Gasteiger partial charge is 0.433 e. The van der Waals surface area contributed by atoms with Gasteiger partial charge in [0.25, 0.3) is 6.43 Å². The van der Waals surface area contributed by atoms with Crippen molar-refractivity contribution in [1.82, 2.24) is 14.6 Å². The van der Waals surface area contributed by atoms with E-state index in [1.165, 1.54) is 19.1 Å². The lowest BCUT2D eigenvalue weighted by molar-refractivity contribution is -0.143. The Morgan fingerprint density at radius 2 is 1.88 bits per heavy atom. The molecule has 3 nitrogen and oxygen atoms in total. The standard InChI is InChI=1S/C9H6F5N3/c1-4-2-3-5-15-8(7(10)11)16-17(5)6(4)9(12,13)14/h2-3,7H,1H3. The van der Waals surface area contributed by atoms with Crippen molar-refractivity contribution in [3.63, 3.8) is 0 Å². The van der Waals surface area contributed by atoms with Crippen LogP contribution in [0.2, 0.25) is 0 Å². The monoisotopic (exact) mass is 251 g/mol. The van der Waals surface area contributed by atoms with E-state index in [4.69, 9.17) is 0 Å². The van der Waals surface area contributed by atoms with Gasteiger partial charge in [-0.05, 0) is 18.6 Å². The van der Waals surface area contributed by atoms with Crippen LogP contribution >= 0.6 is 0 Å². The molecule has 0 aliphatic carbocycles. The van der Waals surface area contributed by atoms with Crippen LogP contribution in [0.25, 0.3) is 5.65 Å². The lowest BCUT2D eigenvalue weighted by Crippen LogP contribution is -2.14. The first-order valence-corrected chi connectivity index (χ1v) is 4.52. The van der Waals surface area contributed by atoms with Crippen molar-refractivity contribution >= 4 is 5.65 Å². The van der Waals surface area contributed by atoms with Crippen molar-refractivity contribution in [2.75, 3.05) is 0 Å². The zero-order valence-corrected chi connectivity index (χ0v) is 8.46. The maximum Gasteiger partial charge on any atom is 0.433 e. The van der Waals surface area contributed by atoms with E-state index in [2.05, 4.69) is 10.1 Å². The lowest BCUT2D eigenvalue weighted by atomic mass is 10.2. The second-order valence-corrected chi connectivity index (χ2v) is 3.40. The number of nitrogens with zero attached hydrogens (tertiary/aromatic N) is 3. The number of aryl methyl sites for hydroxylation is 1. The van der Waals surface area contributed by atoms with Gasteiger partial charge in [0.2, 0.25) is 5.82 Å². The van der Waals surface area contributed by atoms with E-state index < -0.39 is 24.1 Å². The number of halogens is 5. The van der Waals surface area contributed by atoms with Gasteiger partial charge in [0.05, 0.1) is 0 Å². The van der Waals surface area contributed by atoms with Crippen LogP contribution in [0.15, 0.2) is 12.1 Å². The smallest absolute Gasteiger partial charge is 0.208 e. The molecule has 0 saturated carbocycles. The Hall–Kier alpha value is -1.73. The summed E-state index contributed by atoms with van der Waals surface area (Å²) in [7, 11) is 0. The Morgan fingerprint density at radius 3 is 2.41 bits per heavy atom. The molecule has 0 aliphatic heterocycles. The van der Waals surface area contributed by atoms with Crippen molar-refractivity contribution in [1.29, 1.82) is 0 Å². The molecule has 0 saturated heterocycles. The molecule has 2 aromatic heterocycles. The van der Waals surface area contributed by atoms with Crippen LogP contribution < -0.4 is 0 Å². The molecule has 92 valence electrons. The van der Waals surface area contributed by atoms with Crippen molar-refractivity contribution in [3.8, 4) is 0 Å². The minimum atomic E-state index is -4.67. The van der Waals surface area contributed by atoms with Gasteiger partial charge < -0.3 is 0 Å². The zero-order valence-electron chi connectivity index (χ0n) is 8.46. The molecule has 0 radical (unpaired) electrons. The average molecular weight is 251 g/mol. The molecular weight excluding hydrogens is 245 g/mol. The number of aromatic nitrogens is 3. The van der Waals surface area contributed by atoms with E-state index in [-0.39, 0.29) is 11.2 Å². The maximum absolute atomic E-state index is 12.7. The van der Waals surface area contributed by atoms with Crippen LogP contribution in [-0.2, 0) is 6.18 Å². The van der Waals surface area contributed by atoms with Gasteiger partial charge in [-0.2, -0.15) is 13.2 Å². The average Bonchev–Trinajstić information content (AvgIpc) is 2.58. The van der Waals surface area contributed by atoms with Gasteiger partial charge in [-0.25, -0.2) is 18.3 Å². The van der Waals surface area contributed by atoms with Crippen LogP contribution in [0.4, 0.5) is 22.0 Å². The SMILES string of the molecule is Cc1ccc2nc(C(F)F)nn2c1C(F)(F)F. The highest BCUT2D eigenvalue weighted by Crippen LogP contribution is 2.32. The summed E-state index contributed by atoms with van der Waals surface area (Å²) in [5.74, 6) is -0.916. The number of rotatable bonds is 1. The first kappa shape index (κ1) is 11.7. The van der Waals surface area contributed by atoms with Gasteiger partial charge in [-0.1, -0.05) is 6.07 Å². The topological polar surface area (TPSA) is 30.2 Å². The van der Waals surface area contributed by atoms with Crippen LogP contribution in [0.5, 0.6) is 0 Å². The van der Waals surface area contributed by atoms with Gasteiger partial charge >= 0.3 is 6.18 Å². The molecule has 0 unspecified atom stereocenters. The second kappa shape index (κ2) is 3.64. The lowest BCUT2D eigenvalue weighted by Gasteiger charge is -2.10. The Bertz CT molecular complexity index is 557. The quantitative estimate of drug-likeness (QED) is 0.729. The summed E-state index contributed by atoms with van der Waals surface area (Å²) in [5.41, 5.74) is -1.44. The van der Waals surface area contributed by atoms with E-state index in [9.17, 15) is 22.0 Å². The summed E-state index contributed by atoms with van der Waals surface area (Å²) in [6, 6.07) is 2.38. The molecular formula is C9H6F5N3. The third-order valence-electron chi connectivity index (χ3n) is 2.18.